The predicted molar refractivity (Wildman–Crippen MR) is 148 cm³/mol. The largest absolute Gasteiger partial charge is 0.493 e. The molecule has 4 rings (SSSR count). The zero-order valence-electron chi connectivity index (χ0n) is 23.4. The van der Waals surface area contributed by atoms with Crippen molar-refractivity contribution in [1.29, 1.82) is 0 Å². The number of hydrogen-bond acceptors (Lipinski definition) is 7. The molecule has 0 N–H and O–H groups in total. The summed E-state index contributed by atoms with van der Waals surface area (Å²) in [6.07, 6.45) is 1.30. The second kappa shape index (κ2) is 12.6. The molecular weight excluding hydrogens is 482 g/mol. The molecule has 0 radical (unpaired) electrons. The summed E-state index contributed by atoms with van der Waals surface area (Å²) in [5.74, 6) is 1.14. The zero-order chi connectivity index (χ0) is 27.2. The minimum Gasteiger partial charge on any atom is -0.493 e. The fourth-order valence-electron chi connectivity index (χ4n) is 5.34. The number of piperazine rings is 1. The van der Waals surface area contributed by atoms with Crippen LogP contribution in [0.3, 0.4) is 0 Å². The average Bonchev–Trinajstić information content (AvgIpc) is 3.19. The molecule has 0 aliphatic carbocycles. The molecule has 0 spiro atoms. The van der Waals surface area contributed by atoms with E-state index >= 15 is 0 Å². The summed E-state index contributed by atoms with van der Waals surface area (Å²) in [6, 6.07) is 10.8. The summed E-state index contributed by atoms with van der Waals surface area (Å²) in [6.45, 7) is 12.2. The number of carbonyl (C=O) groups excluding carboxylic acids is 2. The van der Waals surface area contributed by atoms with Gasteiger partial charge in [0.1, 0.15) is 0 Å². The van der Waals surface area contributed by atoms with Crippen LogP contribution < -0.4 is 14.4 Å². The lowest BCUT2D eigenvalue weighted by atomic mass is 9.99. The Bertz CT molecular complexity index is 1130. The molecule has 38 heavy (non-hydrogen) atoms. The fourth-order valence-corrected chi connectivity index (χ4v) is 5.34. The van der Waals surface area contributed by atoms with E-state index in [0.717, 1.165) is 44.0 Å². The fraction of sp³-hybridized carbons (Fsp3) is 0.533. The molecule has 2 amide bonds. The summed E-state index contributed by atoms with van der Waals surface area (Å²) in [5.41, 5.74) is 2.68. The molecule has 0 aromatic heterocycles. The van der Waals surface area contributed by atoms with E-state index in [1.54, 1.807) is 20.3 Å². The van der Waals surface area contributed by atoms with E-state index < -0.39 is 6.04 Å². The lowest BCUT2D eigenvalue weighted by Crippen LogP contribution is -2.46. The Balaban J connectivity index is 1.64. The van der Waals surface area contributed by atoms with E-state index in [0.29, 0.717) is 54.6 Å². The van der Waals surface area contributed by atoms with Crippen LogP contribution >= 0.6 is 0 Å². The van der Waals surface area contributed by atoms with Gasteiger partial charge in [-0.25, -0.2) is 0 Å². The Labute approximate surface area is 226 Å². The lowest BCUT2D eigenvalue weighted by Gasteiger charge is -2.36. The molecule has 2 heterocycles. The molecule has 0 bridgehead atoms. The summed E-state index contributed by atoms with van der Waals surface area (Å²) in [7, 11) is 3.18. The van der Waals surface area contributed by atoms with Crippen LogP contribution in [0.5, 0.6) is 11.5 Å². The first-order chi connectivity index (χ1) is 18.4. The summed E-state index contributed by atoms with van der Waals surface area (Å²) in [4.78, 5) is 33.9. The van der Waals surface area contributed by atoms with Gasteiger partial charge in [0, 0.05) is 39.4 Å². The van der Waals surface area contributed by atoms with Crippen LogP contribution in [0.25, 0.3) is 0 Å². The van der Waals surface area contributed by atoms with Gasteiger partial charge in [0.15, 0.2) is 11.5 Å². The Kier molecular flexibility index (Phi) is 9.28. The van der Waals surface area contributed by atoms with Crippen molar-refractivity contribution < 1.29 is 23.8 Å². The maximum absolute atomic E-state index is 14.0. The number of rotatable bonds is 12. The van der Waals surface area contributed by atoms with Crippen molar-refractivity contribution in [3.63, 3.8) is 0 Å². The van der Waals surface area contributed by atoms with E-state index in [1.807, 2.05) is 30.3 Å². The van der Waals surface area contributed by atoms with Crippen LogP contribution in [0.4, 0.5) is 5.69 Å². The highest BCUT2D eigenvalue weighted by Gasteiger charge is 2.43. The Hall–Kier alpha value is -3.10. The van der Waals surface area contributed by atoms with Crippen molar-refractivity contribution >= 4 is 17.5 Å². The number of likely N-dealkylation sites (N-methyl/N-ethyl adjacent to an activating group) is 1. The second-order valence-corrected chi connectivity index (χ2v) is 10.3. The lowest BCUT2D eigenvalue weighted by molar-refractivity contribution is 0.0550. The zero-order valence-corrected chi connectivity index (χ0v) is 23.4. The number of carbonyl (C=O) groups is 2. The molecule has 206 valence electrons. The minimum atomic E-state index is -0.449. The molecule has 2 aliphatic rings. The van der Waals surface area contributed by atoms with Gasteiger partial charge >= 0.3 is 0 Å². The smallest absolute Gasteiger partial charge is 0.264 e. The van der Waals surface area contributed by atoms with Gasteiger partial charge in [0.2, 0.25) is 0 Å². The van der Waals surface area contributed by atoms with Crippen LogP contribution in [-0.2, 0) is 4.74 Å². The monoisotopic (exact) mass is 523 g/mol. The average molecular weight is 524 g/mol. The third-order valence-electron chi connectivity index (χ3n) is 7.41. The van der Waals surface area contributed by atoms with Gasteiger partial charge in [-0.05, 0) is 55.1 Å². The standard InChI is InChI=1S/C30H41N3O5/c1-6-31-14-16-32(17-15-31)25-10-7-9-23-28(25)30(35)33(29(23)34)24(11-8-18-38-20-21(2)3)22-12-13-26(36-4)27(19-22)37-5/h7,9-10,12-13,19,21,24H,6,8,11,14-18,20H2,1-5H3/t24-/m1/s1. The Morgan fingerprint density at radius 1 is 0.921 bits per heavy atom. The number of anilines is 1. The van der Waals surface area contributed by atoms with Crippen molar-refractivity contribution in [2.24, 2.45) is 5.92 Å². The van der Waals surface area contributed by atoms with Crippen LogP contribution in [0, 0.1) is 5.92 Å². The number of nitrogens with zero attached hydrogens (tertiary/aromatic N) is 3. The Morgan fingerprint density at radius 3 is 2.32 bits per heavy atom. The predicted octanol–water partition coefficient (Wildman–Crippen LogP) is 4.64. The highest BCUT2D eigenvalue weighted by Crippen LogP contribution is 2.40. The molecular formula is C30H41N3O5. The molecule has 2 aliphatic heterocycles. The molecule has 1 fully saturated rings. The SMILES string of the molecule is CCN1CCN(c2cccc3c2C(=O)N([C@H](CCCOCC(C)C)c2ccc(OC)c(OC)c2)C3=O)CC1. The first-order valence-electron chi connectivity index (χ1n) is 13.7. The second-order valence-electron chi connectivity index (χ2n) is 10.3. The molecule has 2 aromatic rings. The van der Waals surface area contributed by atoms with Gasteiger partial charge in [-0.15, -0.1) is 0 Å². The van der Waals surface area contributed by atoms with Crippen molar-refractivity contribution in [1.82, 2.24) is 9.80 Å². The van der Waals surface area contributed by atoms with Crippen LogP contribution in [0.1, 0.15) is 65.9 Å². The van der Waals surface area contributed by atoms with E-state index in [9.17, 15) is 9.59 Å². The molecule has 8 heteroatoms. The molecule has 2 aromatic carbocycles. The summed E-state index contributed by atoms with van der Waals surface area (Å²) in [5, 5.41) is 0. The van der Waals surface area contributed by atoms with Gasteiger partial charge in [-0.1, -0.05) is 32.9 Å². The van der Waals surface area contributed by atoms with Gasteiger partial charge in [-0.3, -0.25) is 14.5 Å². The number of benzene rings is 2. The minimum absolute atomic E-state index is 0.235. The number of hydrogen-bond donors (Lipinski definition) is 0. The molecule has 8 nitrogen and oxygen atoms in total. The quantitative estimate of drug-likeness (QED) is 0.297. The van der Waals surface area contributed by atoms with E-state index in [-0.39, 0.29) is 11.8 Å². The number of methoxy groups -OCH3 is 2. The first kappa shape index (κ1) is 27.9. The van der Waals surface area contributed by atoms with Crippen LogP contribution in [0.2, 0.25) is 0 Å². The maximum atomic E-state index is 14.0. The van der Waals surface area contributed by atoms with E-state index in [4.69, 9.17) is 14.2 Å². The number of fused-ring (bicyclic) bond motifs is 1. The van der Waals surface area contributed by atoms with Crippen molar-refractivity contribution in [2.45, 2.75) is 39.7 Å². The van der Waals surface area contributed by atoms with Gasteiger partial charge < -0.3 is 24.0 Å². The van der Waals surface area contributed by atoms with Crippen molar-refractivity contribution in [3.8, 4) is 11.5 Å². The van der Waals surface area contributed by atoms with Crippen molar-refractivity contribution in [2.75, 3.05) is 65.1 Å². The summed E-state index contributed by atoms with van der Waals surface area (Å²) < 4.78 is 16.8. The number of amides is 2. The first-order valence-corrected chi connectivity index (χ1v) is 13.7. The van der Waals surface area contributed by atoms with Gasteiger partial charge in [0.25, 0.3) is 11.8 Å². The molecule has 0 saturated carbocycles. The summed E-state index contributed by atoms with van der Waals surface area (Å²) >= 11 is 0. The number of ether oxygens (including phenoxy) is 3. The van der Waals surface area contributed by atoms with E-state index in [2.05, 4.69) is 30.6 Å². The normalized spacial score (nSPS) is 16.8. The van der Waals surface area contributed by atoms with Gasteiger partial charge in [-0.2, -0.15) is 0 Å². The molecule has 1 atom stereocenters. The highest BCUT2D eigenvalue weighted by atomic mass is 16.5. The van der Waals surface area contributed by atoms with E-state index in [1.165, 1.54) is 4.90 Å². The molecule has 1 saturated heterocycles. The van der Waals surface area contributed by atoms with Crippen LogP contribution in [-0.4, -0.2) is 81.8 Å². The highest BCUT2D eigenvalue weighted by molar-refractivity contribution is 6.24. The third kappa shape index (κ3) is 5.81. The van der Waals surface area contributed by atoms with Crippen LogP contribution in [0.15, 0.2) is 36.4 Å². The number of imide groups is 1. The topological polar surface area (TPSA) is 71.6 Å². The van der Waals surface area contributed by atoms with Crippen molar-refractivity contribution in [3.05, 3.63) is 53.1 Å². The molecule has 0 unspecified atom stereocenters. The Morgan fingerprint density at radius 2 is 1.66 bits per heavy atom. The maximum Gasteiger partial charge on any atom is 0.264 e. The van der Waals surface area contributed by atoms with Gasteiger partial charge in [0.05, 0.1) is 37.1 Å². The third-order valence-corrected chi connectivity index (χ3v) is 7.41.